The molecule has 6 unspecified atom stereocenters. The number of rotatable bonds is 4. The molecule has 3 fully saturated rings. The average molecular weight is 278 g/mol. The molecule has 0 aromatic carbocycles. The van der Waals surface area contributed by atoms with E-state index in [2.05, 4.69) is 12.2 Å². The van der Waals surface area contributed by atoms with Gasteiger partial charge < -0.3 is 11.1 Å². The fourth-order valence-electron chi connectivity index (χ4n) is 5.18. The number of hydrogen-bond acceptors (Lipinski definition) is 2. The molecule has 3 rings (SSSR count). The van der Waals surface area contributed by atoms with Crippen molar-refractivity contribution >= 4 is 5.91 Å². The topological polar surface area (TPSA) is 55.1 Å². The maximum Gasteiger partial charge on any atom is 0.223 e. The van der Waals surface area contributed by atoms with Gasteiger partial charge in [0.2, 0.25) is 5.91 Å². The Balaban J connectivity index is 1.55. The molecular formula is C17H30N2O. The highest BCUT2D eigenvalue weighted by Crippen LogP contribution is 2.49. The zero-order valence-corrected chi connectivity index (χ0v) is 12.8. The monoisotopic (exact) mass is 278 g/mol. The number of carbonyl (C=O) groups is 1. The third-order valence-corrected chi connectivity index (χ3v) is 6.35. The zero-order chi connectivity index (χ0) is 14.1. The van der Waals surface area contributed by atoms with Crippen molar-refractivity contribution in [2.75, 3.05) is 6.54 Å². The van der Waals surface area contributed by atoms with Crippen LogP contribution in [0.5, 0.6) is 0 Å². The Morgan fingerprint density at radius 2 is 2.00 bits per heavy atom. The van der Waals surface area contributed by atoms with Gasteiger partial charge in [0.15, 0.2) is 0 Å². The zero-order valence-electron chi connectivity index (χ0n) is 12.8. The lowest BCUT2D eigenvalue weighted by atomic mass is 9.78. The minimum Gasteiger partial charge on any atom is -0.353 e. The van der Waals surface area contributed by atoms with E-state index in [4.69, 9.17) is 5.73 Å². The SMILES string of the molecule is CC(NC(=O)C1CCCCC1CN)C1CC2CCC1C2. The van der Waals surface area contributed by atoms with E-state index in [0.29, 0.717) is 18.5 Å². The summed E-state index contributed by atoms with van der Waals surface area (Å²) in [4.78, 5) is 12.6. The normalized spacial score (nSPS) is 41.6. The first-order chi connectivity index (χ1) is 9.69. The van der Waals surface area contributed by atoms with E-state index in [-0.39, 0.29) is 11.8 Å². The highest BCUT2D eigenvalue weighted by Gasteiger charge is 2.42. The fraction of sp³-hybridized carbons (Fsp3) is 0.941. The Morgan fingerprint density at radius 3 is 2.65 bits per heavy atom. The van der Waals surface area contributed by atoms with Crippen molar-refractivity contribution in [3.05, 3.63) is 0 Å². The van der Waals surface area contributed by atoms with Gasteiger partial charge in [0.05, 0.1) is 0 Å². The Kier molecular flexibility index (Phi) is 4.34. The summed E-state index contributed by atoms with van der Waals surface area (Å²) in [7, 11) is 0. The maximum absolute atomic E-state index is 12.6. The van der Waals surface area contributed by atoms with Crippen molar-refractivity contribution < 1.29 is 4.79 Å². The summed E-state index contributed by atoms with van der Waals surface area (Å²) in [6, 6.07) is 0.359. The second-order valence-corrected chi connectivity index (χ2v) is 7.52. The lowest BCUT2D eigenvalue weighted by Crippen LogP contribution is -2.46. The molecule has 1 amide bonds. The molecule has 114 valence electrons. The van der Waals surface area contributed by atoms with Crippen LogP contribution in [0.15, 0.2) is 0 Å². The fourth-order valence-corrected chi connectivity index (χ4v) is 5.18. The molecular weight excluding hydrogens is 248 g/mol. The van der Waals surface area contributed by atoms with Gasteiger partial charge in [-0.05, 0) is 69.2 Å². The quantitative estimate of drug-likeness (QED) is 0.830. The van der Waals surface area contributed by atoms with E-state index in [9.17, 15) is 4.79 Å². The summed E-state index contributed by atoms with van der Waals surface area (Å²) in [6.07, 6.45) is 10.2. The summed E-state index contributed by atoms with van der Waals surface area (Å²) < 4.78 is 0. The van der Waals surface area contributed by atoms with Crippen LogP contribution in [0.25, 0.3) is 0 Å². The Morgan fingerprint density at radius 1 is 1.20 bits per heavy atom. The van der Waals surface area contributed by atoms with Crippen LogP contribution in [-0.2, 0) is 4.79 Å². The van der Waals surface area contributed by atoms with Gasteiger partial charge in [0.25, 0.3) is 0 Å². The third-order valence-electron chi connectivity index (χ3n) is 6.35. The molecule has 0 aliphatic heterocycles. The van der Waals surface area contributed by atoms with Crippen LogP contribution in [0.4, 0.5) is 0 Å². The highest BCUT2D eigenvalue weighted by molar-refractivity contribution is 5.79. The van der Waals surface area contributed by atoms with Crippen LogP contribution in [-0.4, -0.2) is 18.5 Å². The molecule has 2 bridgehead atoms. The van der Waals surface area contributed by atoms with E-state index in [1.807, 2.05) is 0 Å². The van der Waals surface area contributed by atoms with E-state index in [1.54, 1.807) is 0 Å². The number of amides is 1. The molecule has 0 aromatic rings. The predicted octanol–water partition coefficient (Wildman–Crippen LogP) is 2.69. The Labute approximate surface area is 123 Å². The first-order valence-corrected chi connectivity index (χ1v) is 8.69. The molecule has 3 N–H and O–H groups in total. The van der Waals surface area contributed by atoms with E-state index in [0.717, 1.165) is 30.6 Å². The number of nitrogens with one attached hydrogen (secondary N) is 1. The molecule has 3 saturated carbocycles. The molecule has 3 nitrogen and oxygen atoms in total. The average Bonchev–Trinajstić information content (AvgIpc) is 3.09. The first kappa shape index (κ1) is 14.4. The van der Waals surface area contributed by atoms with Crippen LogP contribution in [0.2, 0.25) is 0 Å². The van der Waals surface area contributed by atoms with Crippen LogP contribution in [0.1, 0.15) is 58.3 Å². The van der Waals surface area contributed by atoms with Gasteiger partial charge in [0.1, 0.15) is 0 Å². The molecule has 0 heterocycles. The van der Waals surface area contributed by atoms with Gasteiger partial charge in [-0.15, -0.1) is 0 Å². The Bertz CT molecular complexity index is 357. The molecule has 0 spiro atoms. The molecule has 0 aromatic heterocycles. The largest absolute Gasteiger partial charge is 0.353 e. The summed E-state index contributed by atoms with van der Waals surface area (Å²) in [5.74, 6) is 3.45. The summed E-state index contributed by atoms with van der Waals surface area (Å²) in [5.41, 5.74) is 5.85. The van der Waals surface area contributed by atoms with Crippen LogP contribution >= 0.6 is 0 Å². The number of carbonyl (C=O) groups excluding carboxylic acids is 1. The van der Waals surface area contributed by atoms with Crippen molar-refractivity contribution in [1.29, 1.82) is 0 Å². The van der Waals surface area contributed by atoms with Gasteiger partial charge in [-0.25, -0.2) is 0 Å². The smallest absolute Gasteiger partial charge is 0.223 e. The lowest BCUT2D eigenvalue weighted by molar-refractivity contribution is -0.128. The highest BCUT2D eigenvalue weighted by atomic mass is 16.2. The number of hydrogen-bond donors (Lipinski definition) is 2. The lowest BCUT2D eigenvalue weighted by Gasteiger charge is -2.33. The van der Waals surface area contributed by atoms with E-state index in [1.165, 1.54) is 38.5 Å². The minimum atomic E-state index is 0.176. The van der Waals surface area contributed by atoms with Gasteiger partial charge in [-0.1, -0.05) is 19.3 Å². The van der Waals surface area contributed by atoms with Crippen molar-refractivity contribution in [1.82, 2.24) is 5.32 Å². The second-order valence-electron chi connectivity index (χ2n) is 7.52. The van der Waals surface area contributed by atoms with Gasteiger partial charge >= 0.3 is 0 Å². The summed E-state index contributed by atoms with van der Waals surface area (Å²) >= 11 is 0. The number of fused-ring (bicyclic) bond motifs is 2. The molecule has 3 heteroatoms. The number of nitrogens with two attached hydrogens (primary N) is 1. The van der Waals surface area contributed by atoms with Gasteiger partial charge in [-0.2, -0.15) is 0 Å². The molecule has 3 aliphatic carbocycles. The van der Waals surface area contributed by atoms with Crippen molar-refractivity contribution in [3.8, 4) is 0 Å². The van der Waals surface area contributed by atoms with E-state index >= 15 is 0 Å². The van der Waals surface area contributed by atoms with Crippen molar-refractivity contribution in [2.45, 2.75) is 64.3 Å². The van der Waals surface area contributed by atoms with Crippen LogP contribution in [0.3, 0.4) is 0 Å². The minimum absolute atomic E-state index is 0.176. The summed E-state index contributed by atoms with van der Waals surface area (Å²) in [6.45, 7) is 2.89. The molecule has 3 aliphatic rings. The van der Waals surface area contributed by atoms with Gasteiger partial charge in [0, 0.05) is 12.0 Å². The predicted molar refractivity (Wildman–Crippen MR) is 81.0 cm³/mol. The van der Waals surface area contributed by atoms with Crippen LogP contribution < -0.4 is 11.1 Å². The van der Waals surface area contributed by atoms with E-state index < -0.39 is 0 Å². The molecule has 20 heavy (non-hydrogen) atoms. The molecule has 0 saturated heterocycles. The maximum atomic E-state index is 12.6. The molecule has 0 radical (unpaired) electrons. The van der Waals surface area contributed by atoms with Crippen molar-refractivity contribution in [2.24, 2.45) is 35.3 Å². The second kappa shape index (κ2) is 6.05. The molecule has 6 atom stereocenters. The Hall–Kier alpha value is -0.570. The standard InChI is InChI=1S/C17H30N2O/c1-11(16-9-12-6-7-13(16)8-12)19-17(20)15-5-3-2-4-14(15)10-18/h11-16H,2-10,18H2,1H3,(H,19,20). The van der Waals surface area contributed by atoms with Crippen LogP contribution in [0, 0.1) is 29.6 Å². The van der Waals surface area contributed by atoms with Crippen molar-refractivity contribution in [3.63, 3.8) is 0 Å². The summed E-state index contributed by atoms with van der Waals surface area (Å²) in [5, 5.41) is 3.35. The first-order valence-electron chi connectivity index (χ1n) is 8.69. The van der Waals surface area contributed by atoms with Gasteiger partial charge in [-0.3, -0.25) is 4.79 Å². The third kappa shape index (κ3) is 2.74.